The van der Waals surface area contributed by atoms with Crippen molar-refractivity contribution in [2.45, 2.75) is 71.4 Å². The van der Waals surface area contributed by atoms with Crippen LogP contribution in [-0.4, -0.2) is 34.4 Å². The molecule has 1 saturated heterocycles. The summed E-state index contributed by atoms with van der Waals surface area (Å²) in [6, 6.07) is 0. The Morgan fingerprint density at radius 3 is 2.55 bits per heavy atom. The molecule has 1 heterocycles. The summed E-state index contributed by atoms with van der Waals surface area (Å²) in [4.78, 5) is 0. The topological polar surface area (TPSA) is 27.7 Å². The van der Waals surface area contributed by atoms with E-state index in [-0.39, 0.29) is 11.3 Å². The van der Waals surface area contributed by atoms with Gasteiger partial charge in [0.15, 0.2) is 14.6 Å². The Labute approximate surface area is 125 Å². The highest BCUT2D eigenvalue weighted by Crippen LogP contribution is 2.36. The second-order valence-corrected chi connectivity index (χ2v) is 12.0. The van der Waals surface area contributed by atoms with Gasteiger partial charge >= 0.3 is 0 Å². The summed E-state index contributed by atoms with van der Waals surface area (Å²) in [5.74, 6) is 0. The van der Waals surface area contributed by atoms with E-state index in [1.54, 1.807) is 0 Å². The molecular weight excluding hydrogens is 268 g/mol. The van der Waals surface area contributed by atoms with Crippen LogP contribution in [-0.2, 0) is 13.9 Å². The van der Waals surface area contributed by atoms with Crippen LogP contribution in [0.2, 0.25) is 18.1 Å². The van der Waals surface area contributed by atoms with Gasteiger partial charge in [0.1, 0.15) is 0 Å². The van der Waals surface area contributed by atoms with E-state index in [0.29, 0.717) is 13.2 Å². The third-order valence-electron chi connectivity index (χ3n) is 4.32. The number of ether oxygens (including phenoxy) is 2. The zero-order valence-corrected chi connectivity index (χ0v) is 15.1. The summed E-state index contributed by atoms with van der Waals surface area (Å²) in [6.07, 6.45) is 5.53. The lowest BCUT2D eigenvalue weighted by molar-refractivity contribution is -0.156. The smallest absolute Gasteiger partial charge is 0.192 e. The van der Waals surface area contributed by atoms with Crippen molar-refractivity contribution >= 4 is 8.32 Å². The minimum Gasteiger partial charge on any atom is -0.413 e. The molecule has 1 fully saturated rings. The van der Waals surface area contributed by atoms with E-state index >= 15 is 0 Å². The minimum atomic E-state index is -1.64. The maximum Gasteiger partial charge on any atom is 0.192 e. The number of hydrogen-bond donors (Lipinski definition) is 0. The summed E-state index contributed by atoms with van der Waals surface area (Å²) in [5, 5.41) is 0.265. The van der Waals surface area contributed by atoms with Gasteiger partial charge in [-0.25, -0.2) is 0 Å². The molecule has 0 aromatic carbocycles. The summed E-state index contributed by atoms with van der Waals surface area (Å²) in [5.41, 5.74) is 1.22. The van der Waals surface area contributed by atoms with Crippen molar-refractivity contribution in [1.82, 2.24) is 0 Å². The average Bonchev–Trinajstić information content (AvgIpc) is 2.36. The molecule has 1 rings (SSSR count). The lowest BCUT2D eigenvalue weighted by atomic mass is 10.2. The van der Waals surface area contributed by atoms with Crippen molar-refractivity contribution in [2.75, 3.05) is 19.8 Å². The molecule has 4 heteroatoms. The molecule has 0 bridgehead atoms. The second kappa shape index (κ2) is 7.73. The first-order valence-corrected chi connectivity index (χ1v) is 10.7. The van der Waals surface area contributed by atoms with Crippen molar-refractivity contribution in [3.8, 4) is 0 Å². The molecule has 1 unspecified atom stereocenters. The van der Waals surface area contributed by atoms with E-state index in [9.17, 15) is 0 Å². The second-order valence-electron chi connectivity index (χ2n) is 7.23. The van der Waals surface area contributed by atoms with Crippen LogP contribution in [0.5, 0.6) is 0 Å². The fourth-order valence-electron chi connectivity index (χ4n) is 1.73. The van der Waals surface area contributed by atoms with Crippen molar-refractivity contribution in [3.63, 3.8) is 0 Å². The quantitative estimate of drug-likeness (QED) is 0.534. The molecule has 1 aliphatic rings. The molecule has 0 aromatic rings. The summed E-state index contributed by atoms with van der Waals surface area (Å²) >= 11 is 0. The van der Waals surface area contributed by atoms with Crippen LogP contribution in [0.1, 0.15) is 47.0 Å². The van der Waals surface area contributed by atoms with E-state index in [0.717, 1.165) is 19.4 Å². The SMILES string of the molecule is C/C(=C\CO[Si](C)(C)C(C)(C)C)COC1CCCCO1. The first kappa shape index (κ1) is 17.9. The molecule has 118 valence electrons. The number of hydrogen-bond acceptors (Lipinski definition) is 3. The largest absolute Gasteiger partial charge is 0.413 e. The van der Waals surface area contributed by atoms with E-state index in [4.69, 9.17) is 13.9 Å². The fraction of sp³-hybridized carbons (Fsp3) is 0.875. The molecule has 0 N–H and O–H groups in total. The molecule has 0 aromatic heterocycles. The van der Waals surface area contributed by atoms with Gasteiger partial charge in [0, 0.05) is 6.61 Å². The molecule has 0 radical (unpaired) electrons. The van der Waals surface area contributed by atoms with Crippen LogP contribution >= 0.6 is 0 Å². The maximum atomic E-state index is 6.13. The van der Waals surface area contributed by atoms with Gasteiger partial charge in [-0.3, -0.25) is 0 Å². The minimum absolute atomic E-state index is 0.00610. The van der Waals surface area contributed by atoms with Gasteiger partial charge in [-0.15, -0.1) is 0 Å². The van der Waals surface area contributed by atoms with E-state index in [1.807, 2.05) is 0 Å². The van der Waals surface area contributed by atoms with Crippen molar-refractivity contribution in [1.29, 1.82) is 0 Å². The summed E-state index contributed by atoms with van der Waals surface area (Å²) < 4.78 is 17.4. The molecule has 0 saturated carbocycles. The summed E-state index contributed by atoms with van der Waals surface area (Å²) in [7, 11) is -1.64. The Bertz CT molecular complexity index is 312. The van der Waals surface area contributed by atoms with Crippen LogP contribution in [0.3, 0.4) is 0 Å². The molecule has 0 aliphatic carbocycles. The van der Waals surface area contributed by atoms with Gasteiger partial charge in [0.25, 0.3) is 0 Å². The van der Waals surface area contributed by atoms with Crippen LogP contribution < -0.4 is 0 Å². The van der Waals surface area contributed by atoms with Crippen LogP contribution in [0.4, 0.5) is 0 Å². The highest BCUT2D eigenvalue weighted by Gasteiger charge is 2.36. The highest BCUT2D eigenvalue weighted by molar-refractivity contribution is 6.74. The first-order valence-electron chi connectivity index (χ1n) is 7.75. The molecule has 1 atom stereocenters. The predicted octanol–water partition coefficient (Wildman–Crippen LogP) is 4.50. The number of rotatable bonds is 6. The molecule has 3 nitrogen and oxygen atoms in total. The zero-order valence-electron chi connectivity index (χ0n) is 14.1. The Hall–Kier alpha value is -0.163. The van der Waals surface area contributed by atoms with Crippen LogP contribution in [0.15, 0.2) is 11.6 Å². The van der Waals surface area contributed by atoms with Gasteiger partial charge in [-0.1, -0.05) is 26.8 Å². The Kier molecular flexibility index (Phi) is 6.92. The van der Waals surface area contributed by atoms with Crippen molar-refractivity contribution in [3.05, 3.63) is 11.6 Å². The van der Waals surface area contributed by atoms with Gasteiger partial charge in [-0.2, -0.15) is 0 Å². The first-order chi connectivity index (χ1) is 9.22. The molecule has 20 heavy (non-hydrogen) atoms. The van der Waals surface area contributed by atoms with E-state index < -0.39 is 8.32 Å². The van der Waals surface area contributed by atoms with E-state index in [2.05, 4.69) is 46.9 Å². The molecule has 0 amide bonds. The lowest BCUT2D eigenvalue weighted by Crippen LogP contribution is -2.40. The van der Waals surface area contributed by atoms with Gasteiger partial charge in [0.2, 0.25) is 0 Å². The third kappa shape index (κ3) is 6.08. The summed E-state index contributed by atoms with van der Waals surface area (Å²) in [6.45, 7) is 15.6. The Morgan fingerprint density at radius 1 is 1.30 bits per heavy atom. The van der Waals surface area contributed by atoms with Crippen molar-refractivity contribution in [2.24, 2.45) is 0 Å². The van der Waals surface area contributed by atoms with E-state index in [1.165, 1.54) is 12.0 Å². The van der Waals surface area contributed by atoms with Gasteiger partial charge < -0.3 is 13.9 Å². The predicted molar refractivity (Wildman–Crippen MR) is 86.4 cm³/mol. The Balaban J connectivity index is 2.27. The van der Waals surface area contributed by atoms with Gasteiger partial charge in [0.05, 0.1) is 13.2 Å². The normalized spacial score (nSPS) is 22.1. The van der Waals surface area contributed by atoms with Crippen molar-refractivity contribution < 1.29 is 13.9 Å². The van der Waals surface area contributed by atoms with Crippen LogP contribution in [0, 0.1) is 0 Å². The zero-order chi connectivity index (χ0) is 15.2. The molecule has 0 spiro atoms. The highest BCUT2D eigenvalue weighted by atomic mass is 28.4. The molecule has 1 aliphatic heterocycles. The standard InChI is InChI=1S/C16H32O3Si/c1-14(13-18-15-9-7-8-11-17-15)10-12-19-20(5,6)16(2,3)4/h10,15H,7-9,11-13H2,1-6H3/b14-10+. The monoisotopic (exact) mass is 300 g/mol. The third-order valence-corrected chi connectivity index (χ3v) is 8.82. The molecular formula is C16H32O3Si. The van der Waals surface area contributed by atoms with Crippen LogP contribution in [0.25, 0.3) is 0 Å². The Morgan fingerprint density at radius 2 is 2.00 bits per heavy atom. The average molecular weight is 301 g/mol. The van der Waals surface area contributed by atoms with Gasteiger partial charge in [-0.05, 0) is 49.9 Å². The lowest BCUT2D eigenvalue weighted by Gasteiger charge is -2.35. The fourth-order valence-corrected chi connectivity index (χ4v) is 2.67. The maximum absolute atomic E-state index is 6.13.